The lowest BCUT2D eigenvalue weighted by Gasteiger charge is -2.22. The van der Waals surface area contributed by atoms with E-state index in [1.54, 1.807) is 55.5 Å². The molecule has 0 aliphatic carbocycles. The standard InChI is InChI=1S/C17H15ClO3/c1-17(11-18,16(20)21)14-9-5-8-13(10-14)15(19)12-6-3-2-4-7-12/h2-10H,11H2,1H3,(H,20,21). The fourth-order valence-electron chi connectivity index (χ4n) is 2.02. The molecule has 1 N–H and O–H groups in total. The van der Waals surface area contributed by atoms with Crippen LogP contribution in [0.4, 0.5) is 0 Å². The molecular formula is C17H15ClO3. The fourth-order valence-corrected chi connectivity index (χ4v) is 2.29. The number of alkyl halides is 1. The summed E-state index contributed by atoms with van der Waals surface area (Å²) in [6.45, 7) is 1.55. The molecule has 4 heteroatoms. The Labute approximate surface area is 128 Å². The van der Waals surface area contributed by atoms with E-state index in [2.05, 4.69) is 0 Å². The molecule has 0 saturated carbocycles. The largest absolute Gasteiger partial charge is 0.481 e. The molecule has 21 heavy (non-hydrogen) atoms. The Kier molecular flexibility index (Phi) is 4.43. The van der Waals surface area contributed by atoms with Crippen LogP contribution in [0.15, 0.2) is 54.6 Å². The Bertz CT molecular complexity index is 667. The first-order valence-electron chi connectivity index (χ1n) is 6.48. The molecule has 2 aromatic rings. The first-order valence-corrected chi connectivity index (χ1v) is 7.02. The first kappa shape index (κ1) is 15.3. The van der Waals surface area contributed by atoms with Gasteiger partial charge >= 0.3 is 5.97 Å². The van der Waals surface area contributed by atoms with E-state index >= 15 is 0 Å². The van der Waals surface area contributed by atoms with Crippen LogP contribution in [-0.4, -0.2) is 22.7 Å². The first-order chi connectivity index (χ1) is 9.99. The van der Waals surface area contributed by atoms with E-state index in [0.29, 0.717) is 16.7 Å². The number of halogens is 1. The van der Waals surface area contributed by atoms with Crippen LogP contribution in [0.25, 0.3) is 0 Å². The topological polar surface area (TPSA) is 54.4 Å². The molecule has 0 aliphatic rings. The summed E-state index contributed by atoms with van der Waals surface area (Å²) < 4.78 is 0. The van der Waals surface area contributed by atoms with E-state index in [0.717, 1.165) is 0 Å². The molecule has 3 nitrogen and oxygen atoms in total. The lowest BCUT2D eigenvalue weighted by molar-refractivity contribution is -0.142. The molecule has 0 saturated heterocycles. The van der Waals surface area contributed by atoms with Crippen LogP contribution in [0.1, 0.15) is 28.4 Å². The Morgan fingerprint density at radius 3 is 2.24 bits per heavy atom. The highest BCUT2D eigenvalue weighted by molar-refractivity contribution is 6.20. The number of benzene rings is 2. The monoisotopic (exact) mass is 302 g/mol. The predicted octanol–water partition coefficient (Wildman–Crippen LogP) is 3.50. The molecular weight excluding hydrogens is 288 g/mol. The summed E-state index contributed by atoms with van der Waals surface area (Å²) in [5.41, 5.74) is 0.328. The minimum Gasteiger partial charge on any atom is -0.481 e. The van der Waals surface area contributed by atoms with Gasteiger partial charge in [0.1, 0.15) is 5.41 Å². The van der Waals surface area contributed by atoms with Gasteiger partial charge in [-0.1, -0.05) is 48.5 Å². The van der Waals surface area contributed by atoms with Gasteiger partial charge in [-0.3, -0.25) is 9.59 Å². The maximum absolute atomic E-state index is 12.4. The van der Waals surface area contributed by atoms with Crippen LogP contribution in [0.3, 0.4) is 0 Å². The smallest absolute Gasteiger partial charge is 0.315 e. The van der Waals surface area contributed by atoms with Gasteiger partial charge in [-0.05, 0) is 18.6 Å². The summed E-state index contributed by atoms with van der Waals surface area (Å²) >= 11 is 5.82. The molecule has 0 aliphatic heterocycles. The number of aliphatic carboxylic acids is 1. The van der Waals surface area contributed by atoms with Crippen LogP contribution in [-0.2, 0) is 10.2 Å². The van der Waals surface area contributed by atoms with E-state index in [1.807, 2.05) is 6.07 Å². The fraction of sp³-hybridized carbons (Fsp3) is 0.176. The second-order valence-electron chi connectivity index (χ2n) is 5.05. The van der Waals surface area contributed by atoms with Gasteiger partial charge in [-0.15, -0.1) is 11.6 Å². The van der Waals surface area contributed by atoms with Gasteiger partial charge in [0.25, 0.3) is 0 Å². The number of hydrogen-bond acceptors (Lipinski definition) is 2. The summed E-state index contributed by atoms with van der Waals surface area (Å²) in [6.07, 6.45) is 0. The predicted molar refractivity (Wildman–Crippen MR) is 82.0 cm³/mol. The average molecular weight is 303 g/mol. The number of rotatable bonds is 5. The molecule has 2 rings (SSSR count). The minimum atomic E-state index is -1.21. The van der Waals surface area contributed by atoms with Crippen molar-refractivity contribution in [1.29, 1.82) is 0 Å². The molecule has 0 radical (unpaired) electrons. The number of carboxylic acid groups (broad SMARTS) is 1. The van der Waals surface area contributed by atoms with Gasteiger partial charge in [0.2, 0.25) is 0 Å². The molecule has 0 heterocycles. The van der Waals surface area contributed by atoms with Crippen LogP contribution >= 0.6 is 11.6 Å². The number of carbonyl (C=O) groups excluding carboxylic acids is 1. The third-order valence-corrected chi connectivity index (χ3v) is 4.07. The molecule has 0 fully saturated rings. The second-order valence-corrected chi connectivity index (χ2v) is 5.31. The molecule has 2 aromatic carbocycles. The zero-order valence-electron chi connectivity index (χ0n) is 11.5. The Balaban J connectivity index is 2.43. The molecule has 0 aromatic heterocycles. The highest BCUT2D eigenvalue weighted by Crippen LogP contribution is 2.27. The van der Waals surface area contributed by atoms with Gasteiger partial charge in [0.05, 0.1) is 0 Å². The summed E-state index contributed by atoms with van der Waals surface area (Å²) in [7, 11) is 0. The quantitative estimate of drug-likeness (QED) is 0.679. The lowest BCUT2D eigenvalue weighted by atomic mass is 9.83. The van der Waals surface area contributed by atoms with Crippen molar-refractivity contribution in [2.75, 3.05) is 5.88 Å². The van der Waals surface area contributed by atoms with E-state index < -0.39 is 11.4 Å². The third-order valence-electron chi connectivity index (χ3n) is 3.54. The number of carbonyl (C=O) groups is 2. The van der Waals surface area contributed by atoms with E-state index in [1.165, 1.54) is 0 Å². The zero-order chi connectivity index (χ0) is 15.5. The van der Waals surface area contributed by atoms with Crippen LogP contribution in [0.2, 0.25) is 0 Å². The summed E-state index contributed by atoms with van der Waals surface area (Å²) in [4.78, 5) is 23.8. The molecule has 108 valence electrons. The zero-order valence-corrected chi connectivity index (χ0v) is 12.3. The highest BCUT2D eigenvalue weighted by Gasteiger charge is 2.34. The summed E-state index contributed by atoms with van der Waals surface area (Å²) in [5, 5.41) is 9.36. The Morgan fingerprint density at radius 2 is 1.67 bits per heavy atom. The number of ketones is 1. The van der Waals surface area contributed by atoms with Gasteiger partial charge in [0.15, 0.2) is 5.78 Å². The third kappa shape index (κ3) is 2.98. The van der Waals surface area contributed by atoms with E-state index in [-0.39, 0.29) is 11.7 Å². The van der Waals surface area contributed by atoms with Gasteiger partial charge in [-0.2, -0.15) is 0 Å². The van der Waals surface area contributed by atoms with Crippen molar-refractivity contribution in [1.82, 2.24) is 0 Å². The van der Waals surface area contributed by atoms with Crippen LogP contribution in [0.5, 0.6) is 0 Å². The molecule has 1 unspecified atom stereocenters. The van der Waals surface area contributed by atoms with Crippen molar-refractivity contribution in [2.45, 2.75) is 12.3 Å². The molecule has 1 atom stereocenters. The average Bonchev–Trinajstić information content (AvgIpc) is 2.54. The van der Waals surface area contributed by atoms with Gasteiger partial charge < -0.3 is 5.11 Å². The van der Waals surface area contributed by atoms with Gasteiger partial charge in [0, 0.05) is 17.0 Å². The van der Waals surface area contributed by atoms with Crippen LogP contribution in [0, 0.1) is 0 Å². The Morgan fingerprint density at radius 1 is 1.05 bits per heavy atom. The van der Waals surface area contributed by atoms with Crippen molar-refractivity contribution < 1.29 is 14.7 Å². The van der Waals surface area contributed by atoms with Crippen LogP contribution < -0.4 is 0 Å². The maximum atomic E-state index is 12.4. The van der Waals surface area contributed by atoms with Gasteiger partial charge in [-0.25, -0.2) is 0 Å². The van der Waals surface area contributed by atoms with Crippen molar-refractivity contribution >= 4 is 23.4 Å². The highest BCUT2D eigenvalue weighted by atomic mass is 35.5. The molecule has 0 amide bonds. The molecule has 0 bridgehead atoms. The Hall–Kier alpha value is -2.13. The SMILES string of the molecule is CC(CCl)(C(=O)O)c1cccc(C(=O)c2ccccc2)c1. The number of carboxylic acids is 1. The summed E-state index contributed by atoms with van der Waals surface area (Å²) in [5.74, 6) is -1.22. The second kappa shape index (κ2) is 6.10. The van der Waals surface area contributed by atoms with Crippen molar-refractivity contribution in [3.63, 3.8) is 0 Å². The lowest BCUT2D eigenvalue weighted by Crippen LogP contribution is -2.34. The van der Waals surface area contributed by atoms with Crippen molar-refractivity contribution in [2.24, 2.45) is 0 Å². The molecule has 0 spiro atoms. The van der Waals surface area contributed by atoms with Crippen molar-refractivity contribution in [3.8, 4) is 0 Å². The van der Waals surface area contributed by atoms with E-state index in [4.69, 9.17) is 11.6 Å². The van der Waals surface area contributed by atoms with E-state index in [9.17, 15) is 14.7 Å². The maximum Gasteiger partial charge on any atom is 0.315 e. The number of hydrogen-bond donors (Lipinski definition) is 1. The summed E-state index contributed by atoms with van der Waals surface area (Å²) in [6, 6.07) is 15.5. The van der Waals surface area contributed by atoms with Crippen molar-refractivity contribution in [3.05, 3.63) is 71.3 Å². The normalized spacial score (nSPS) is 13.4. The minimum absolute atomic E-state index is 0.0642.